The largest absolute Gasteiger partial charge is 0.346 e. The average molecular weight is 337 g/mol. The van der Waals surface area contributed by atoms with Crippen LogP contribution in [0.2, 0.25) is 0 Å². The highest BCUT2D eigenvalue weighted by Crippen LogP contribution is 2.13. The van der Waals surface area contributed by atoms with Gasteiger partial charge >= 0.3 is 6.03 Å². The van der Waals surface area contributed by atoms with Gasteiger partial charge in [0.15, 0.2) is 0 Å². The second-order valence-electron chi connectivity index (χ2n) is 5.99. The lowest BCUT2D eigenvalue weighted by molar-refractivity contribution is -0.134. The molecule has 2 aromatic carbocycles. The van der Waals surface area contributed by atoms with Crippen LogP contribution < -0.4 is 5.43 Å². The Hall–Kier alpha value is -3.15. The molecule has 0 atom stereocenters. The molecule has 4 amide bonds. The van der Waals surface area contributed by atoms with Crippen LogP contribution in [0.3, 0.4) is 0 Å². The van der Waals surface area contributed by atoms with Crippen molar-refractivity contribution in [3.63, 3.8) is 0 Å². The quantitative estimate of drug-likeness (QED) is 0.849. The fourth-order valence-corrected chi connectivity index (χ4v) is 2.73. The minimum Gasteiger partial charge on any atom is -0.309 e. The summed E-state index contributed by atoms with van der Waals surface area (Å²) < 4.78 is 0. The van der Waals surface area contributed by atoms with Crippen LogP contribution in [-0.4, -0.2) is 34.3 Å². The normalized spacial score (nSPS) is 14.1. The van der Waals surface area contributed by atoms with E-state index in [0.717, 1.165) is 21.7 Å². The molecular weight excluding hydrogens is 318 g/mol. The van der Waals surface area contributed by atoms with E-state index in [4.69, 9.17) is 0 Å². The predicted octanol–water partition coefficient (Wildman–Crippen LogP) is 2.03. The van der Waals surface area contributed by atoms with Crippen molar-refractivity contribution in [2.75, 3.05) is 6.54 Å². The van der Waals surface area contributed by atoms with E-state index in [1.165, 1.54) is 4.90 Å². The lowest BCUT2D eigenvalue weighted by Crippen LogP contribution is -2.47. The van der Waals surface area contributed by atoms with Gasteiger partial charge in [-0.1, -0.05) is 54.6 Å². The van der Waals surface area contributed by atoms with Crippen molar-refractivity contribution in [1.29, 1.82) is 0 Å². The standard InChI is InChI=1S/C19H19N3O3/c1-14-7-5-6-10-16(14)11-17(23)20-22-18(24)13-21(19(22)25)12-15-8-3-2-4-9-15/h2-10H,11-13H2,1H3,(H,20,23). The second kappa shape index (κ2) is 7.17. The summed E-state index contributed by atoms with van der Waals surface area (Å²) in [4.78, 5) is 38.1. The van der Waals surface area contributed by atoms with Crippen LogP contribution >= 0.6 is 0 Å². The van der Waals surface area contributed by atoms with Crippen LogP contribution in [0.15, 0.2) is 54.6 Å². The molecule has 3 rings (SSSR count). The average Bonchev–Trinajstić information content (AvgIpc) is 2.85. The third-order valence-corrected chi connectivity index (χ3v) is 4.10. The molecule has 1 aliphatic rings. The molecule has 0 saturated carbocycles. The maximum atomic E-state index is 12.4. The second-order valence-corrected chi connectivity index (χ2v) is 5.99. The first-order chi connectivity index (χ1) is 12.0. The van der Waals surface area contributed by atoms with Gasteiger partial charge in [-0.25, -0.2) is 4.79 Å². The number of benzene rings is 2. The number of hydrogen-bond acceptors (Lipinski definition) is 3. The molecule has 1 N–H and O–H groups in total. The minimum absolute atomic E-state index is 0.0433. The molecule has 1 fully saturated rings. The minimum atomic E-state index is -0.507. The summed E-state index contributed by atoms with van der Waals surface area (Å²) in [6, 6.07) is 16.4. The Bertz CT molecular complexity index is 805. The molecule has 128 valence electrons. The van der Waals surface area contributed by atoms with Crippen molar-refractivity contribution in [3.8, 4) is 0 Å². The Morgan fingerprint density at radius 2 is 1.72 bits per heavy atom. The Balaban J connectivity index is 1.62. The molecule has 0 aromatic heterocycles. The lowest BCUT2D eigenvalue weighted by Gasteiger charge is -2.18. The maximum absolute atomic E-state index is 12.4. The number of urea groups is 1. The highest BCUT2D eigenvalue weighted by Gasteiger charge is 2.37. The fourth-order valence-electron chi connectivity index (χ4n) is 2.73. The number of hydrazine groups is 1. The Labute approximate surface area is 146 Å². The van der Waals surface area contributed by atoms with Gasteiger partial charge in [-0.3, -0.25) is 15.0 Å². The van der Waals surface area contributed by atoms with E-state index in [2.05, 4.69) is 5.43 Å². The van der Waals surface area contributed by atoms with Crippen LogP contribution in [0.4, 0.5) is 4.79 Å². The Morgan fingerprint density at radius 1 is 1.04 bits per heavy atom. The van der Waals surface area contributed by atoms with Gasteiger partial charge in [-0.2, -0.15) is 5.01 Å². The molecule has 6 heteroatoms. The van der Waals surface area contributed by atoms with Gasteiger partial charge in [0.2, 0.25) is 5.91 Å². The zero-order valence-electron chi connectivity index (χ0n) is 13.9. The van der Waals surface area contributed by atoms with E-state index in [1.807, 2.05) is 61.5 Å². The summed E-state index contributed by atoms with van der Waals surface area (Å²) in [5, 5.41) is 0.809. The number of carbonyl (C=O) groups excluding carboxylic acids is 3. The van der Waals surface area contributed by atoms with E-state index in [1.54, 1.807) is 0 Å². The molecule has 6 nitrogen and oxygen atoms in total. The summed E-state index contributed by atoms with van der Waals surface area (Å²) >= 11 is 0. The zero-order valence-corrected chi connectivity index (χ0v) is 13.9. The van der Waals surface area contributed by atoms with Crippen molar-refractivity contribution >= 4 is 17.8 Å². The number of aryl methyl sites for hydroxylation is 1. The van der Waals surface area contributed by atoms with Gasteiger partial charge in [0, 0.05) is 6.54 Å². The molecule has 0 unspecified atom stereocenters. The van der Waals surface area contributed by atoms with Gasteiger partial charge in [0.1, 0.15) is 6.54 Å². The number of carbonyl (C=O) groups is 3. The monoisotopic (exact) mass is 337 g/mol. The van der Waals surface area contributed by atoms with Crippen LogP contribution in [0.1, 0.15) is 16.7 Å². The molecule has 0 aliphatic carbocycles. The van der Waals surface area contributed by atoms with Gasteiger partial charge in [0.25, 0.3) is 5.91 Å². The zero-order chi connectivity index (χ0) is 17.8. The van der Waals surface area contributed by atoms with Gasteiger partial charge in [0.05, 0.1) is 6.42 Å². The van der Waals surface area contributed by atoms with Crippen LogP contribution in [-0.2, 0) is 22.6 Å². The summed E-state index contributed by atoms with van der Waals surface area (Å²) in [6.07, 6.45) is 0.114. The van der Waals surface area contributed by atoms with Crippen molar-refractivity contribution in [2.45, 2.75) is 19.9 Å². The smallest absolute Gasteiger partial charge is 0.309 e. The van der Waals surface area contributed by atoms with Crippen molar-refractivity contribution in [2.24, 2.45) is 0 Å². The Kier molecular flexibility index (Phi) is 4.79. The first kappa shape index (κ1) is 16.7. The number of nitrogens with zero attached hydrogens (tertiary/aromatic N) is 2. The van der Waals surface area contributed by atoms with E-state index in [0.29, 0.717) is 6.54 Å². The van der Waals surface area contributed by atoms with E-state index < -0.39 is 17.8 Å². The summed E-state index contributed by atoms with van der Waals surface area (Å²) in [7, 11) is 0. The van der Waals surface area contributed by atoms with Crippen LogP contribution in [0.25, 0.3) is 0 Å². The molecule has 25 heavy (non-hydrogen) atoms. The first-order valence-electron chi connectivity index (χ1n) is 8.04. The highest BCUT2D eigenvalue weighted by atomic mass is 16.2. The first-order valence-corrected chi connectivity index (χ1v) is 8.04. The van der Waals surface area contributed by atoms with Crippen LogP contribution in [0, 0.1) is 6.92 Å². The molecule has 1 heterocycles. The molecule has 2 aromatic rings. The van der Waals surface area contributed by atoms with Gasteiger partial charge in [-0.05, 0) is 23.6 Å². The molecule has 1 saturated heterocycles. The SMILES string of the molecule is Cc1ccccc1CC(=O)NN1C(=O)CN(Cc2ccccc2)C1=O. The highest BCUT2D eigenvalue weighted by molar-refractivity contribution is 6.03. The Morgan fingerprint density at radius 3 is 2.44 bits per heavy atom. The molecule has 1 aliphatic heterocycles. The number of rotatable bonds is 5. The summed E-state index contributed by atoms with van der Waals surface area (Å²) in [5.41, 5.74) is 5.20. The van der Waals surface area contributed by atoms with Crippen molar-refractivity contribution in [1.82, 2.24) is 15.3 Å². The van der Waals surface area contributed by atoms with Crippen LogP contribution in [0.5, 0.6) is 0 Å². The van der Waals surface area contributed by atoms with E-state index >= 15 is 0 Å². The molecule has 0 spiro atoms. The molecule has 0 radical (unpaired) electrons. The predicted molar refractivity (Wildman–Crippen MR) is 92.1 cm³/mol. The van der Waals surface area contributed by atoms with Gasteiger partial charge in [-0.15, -0.1) is 0 Å². The van der Waals surface area contributed by atoms with E-state index in [-0.39, 0.29) is 13.0 Å². The fraction of sp³-hybridized carbons (Fsp3) is 0.211. The third-order valence-electron chi connectivity index (χ3n) is 4.10. The number of amides is 4. The number of nitrogens with one attached hydrogen (secondary N) is 1. The number of imide groups is 1. The maximum Gasteiger partial charge on any atom is 0.346 e. The molecular formula is C19H19N3O3. The van der Waals surface area contributed by atoms with Gasteiger partial charge < -0.3 is 4.90 Å². The van der Waals surface area contributed by atoms with Crippen molar-refractivity contribution < 1.29 is 14.4 Å². The number of hydrogen-bond donors (Lipinski definition) is 1. The summed E-state index contributed by atoms with van der Waals surface area (Å²) in [5.74, 6) is -0.823. The third kappa shape index (κ3) is 3.85. The van der Waals surface area contributed by atoms with Crippen molar-refractivity contribution in [3.05, 3.63) is 71.3 Å². The van der Waals surface area contributed by atoms with E-state index in [9.17, 15) is 14.4 Å². The topological polar surface area (TPSA) is 69.7 Å². The molecule has 0 bridgehead atoms. The lowest BCUT2D eigenvalue weighted by atomic mass is 10.1. The summed E-state index contributed by atoms with van der Waals surface area (Å²) in [6.45, 7) is 2.20.